The van der Waals surface area contributed by atoms with Crippen LogP contribution < -0.4 is 4.74 Å². The zero-order valence-corrected chi connectivity index (χ0v) is 13.0. The summed E-state index contributed by atoms with van der Waals surface area (Å²) in [7, 11) is 1.64. The van der Waals surface area contributed by atoms with Crippen LogP contribution in [0.3, 0.4) is 0 Å². The van der Waals surface area contributed by atoms with Crippen molar-refractivity contribution in [3.8, 4) is 5.75 Å². The molecule has 1 aliphatic rings. The van der Waals surface area contributed by atoms with Gasteiger partial charge < -0.3 is 9.64 Å². The van der Waals surface area contributed by atoms with Crippen molar-refractivity contribution in [2.45, 2.75) is 33.6 Å². The molecule has 1 fully saturated rings. The van der Waals surface area contributed by atoms with E-state index < -0.39 is 0 Å². The Morgan fingerprint density at radius 3 is 2.55 bits per heavy atom. The van der Waals surface area contributed by atoms with Crippen LogP contribution in [0.1, 0.15) is 41.3 Å². The third-order valence-corrected chi connectivity index (χ3v) is 4.09. The zero-order valence-electron chi connectivity index (χ0n) is 13.0. The van der Waals surface area contributed by atoms with E-state index in [-0.39, 0.29) is 11.7 Å². The van der Waals surface area contributed by atoms with Crippen molar-refractivity contribution in [2.75, 3.05) is 26.7 Å². The Kier molecular flexibility index (Phi) is 4.81. The molecule has 0 saturated carbocycles. The number of aryl methyl sites for hydroxylation is 2. The van der Waals surface area contributed by atoms with Crippen LogP contribution in [0.4, 0.5) is 0 Å². The molecule has 1 saturated heterocycles. The molecule has 110 valence electrons. The van der Waals surface area contributed by atoms with E-state index in [1.165, 1.54) is 12.8 Å². The Labute approximate surface area is 121 Å². The summed E-state index contributed by atoms with van der Waals surface area (Å²) < 4.78 is 5.41. The number of methoxy groups -OCH3 is 1. The van der Waals surface area contributed by atoms with E-state index in [2.05, 4.69) is 11.0 Å². The van der Waals surface area contributed by atoms with Crippen molar-refractivity contribution in [1.29, 1.82) is 0 Å². The number of nitrogens with zero attached hydrogens (tertiary/aromatic N) is 1. The molecule has 0 spiro atoms. The molecule has 0 aliphatic carbocycles. The third-order valence-electron chi connectivity index (χ3n) is 4.09. The largest absolute Gasteiger partial charge is 0.496 e. The summed E-state index contributed by atoms with van der Waals surface area (Å²) in [5.41, 5.74) is 2.90. The van der Waals surface area contributed by atoms with Crippen LogP contribution >= 0.6 is 0 Å². The van der Waals surface area contributed by atoms with E-state index in [0.29, 0.717) is 5.75 Å². The van der Waals surface area contributed by atoms with Gasteiger partial charge >= 0.3 is 0 Å². The molecule has 2 rings (SSSR count). The minimum atomic E-state index is 0.0170. The Bertz CT molecular complexity index is 490. The number of hydrogen-bond donors (Lipinski definition) is 0. The summed E-state index contributed by atoms with van der Waals surface area (Å²) in [5, 5.41) is 0. The highest BCUT2D eigenvalue weighted by Crippen LogP contribution is 2.27. The molecular weight excluding hydrogens is 250 g/mol. The number of benzene rings is 1. The SMILES string of the molecule is COc1cc(C)cc(C)c1C(=O)C(C)CN1CCCC1. The standard InChI is InChI=1S/C17H25NO2/c1-12-9-13(2)16(15(10-12)20-4)17(19)14(3)11-18-7-5-6-8-18/h9-10,14H,5-8,11H2,1-4H3. The number of hydrogen-bond acceptors (Lipinski definition) is 3. The molecule has 0 amide bonds. The van der Waals surface area contributed by atoms with Crippen LogP contribution in [0.15, 0.2) is 12.1 Å². The number of Topliss-reactive ketones (excluding diaryl/α,β-unsaturated/α-hetero) is 1. The van der Waals surface area contributed by atoms with Crippen molar-refractivity contribution in [3.63, 3.8) is 0 Å². The van der Waals surface area contributed by atoms with Crippen molar-refractivity contribution in [1.82, 2.24) is 4.90 Å². The minimum absolute atomic E-state index is 0.0170. The maximum Gasteiger partial charge on any atom is 0.170 e. The fourth-order valence-electron chi connectivity index (χ4n) is 3.09. The van der Waals surface area contributed by atoms with Crippen LogP contribution in [-0.2, 0) is 0 Å². The maximum atomic E-state index is 12.7. The van der Waals surface area contributed by atoms with E-state index in [4.69, 9.17) is 4.74 Å². The summed E-state index contributed by atoms with van der Waals surface area (Å²) in [6, 6.07) is 4.00. The van der Waals surface area contributed by atoms with E-state index in [1.54, 1.807) is 7.11 Å². The second-order valence-corrected chi connectivity index (χ2v) is 5.93. The van der Waals surface area contributed by atoms with Crippen molar-refractivity contribution in [2.24, 2.45) is 5.92 Å². The third kappa shape index (κ3) is 3.21. The van der Waals surface area contributed by atoms with Gasteiger partial charge in [0.25, 0.3) is 0 Å². The Morgan fingerprint density at radius 1 is 1.30 bits per heavy atom. The maximum absolute atomic E-state index is 12.7. The Balaban J connectivity index is 2.19. The lowest BCUT2D eigenvalue weighted by atomic mass is 9.93. The average molecular weight is 275 g/mol. The van der Waals surface area contributed by atoms with E-state index in [0.717, 1.165) is 36.3 Å². The van der Waals surface area contributed by atoms with Crippen molar-refractivity contribution in [3.05, 3.63) is 28.8 Å². The minimum Gasteiger partial charge on any atom is -0.496 e. The molecule has 1 aromatic carbocycles. The Morgan fingerprint density at radius 2 is 1.95 bits per heavy atom. The fraction of sp³-hybridized carbons (Fsp3) is 0.588. The van der Waals surface area contributed by atoms with Gasteiger partial charge in [0.1, 0.15) is 5.75 Å². The first-order valence-electron chi connectivity index (χ1n) is 7.44. The summed E-state index contributed by atoms with van der Waals surface area (Å²) in [6.07, 6.45) is 2.52. The highest BCUT2D eigenvalue weighted by molar-refractivity contribution is 6.01. The quantitative estimate of drug-likeness (QED) is 0.773. The summed E-state index contributed by atoms with van der Waals surface area (Å²) in [6.45, 7) is 9.15. The van der Waals surface area contributed by atoms with Gasteiger partial charge in [-0.05, 0) is 57.0 Å². The summed E-state index contributed by atoms with van der Waals surface area (Å²) in [5.74, 6) is 0.926. The average Bonchev–Trinajstić information content (AvgIpc) is 2.89. The normalized spacial score (nSPS) is 17.2. The highest BCUT2D eigenvalue weighted by Gasteiger charge is 2.24. The lowest BCUT2D eigenvalue weighted by molar-refractivity contribution is 0.0899. The van der Waals surface area contributed by atoms with Crippen LogP contribution in [0.25, 0.3) is 0 Å². The number of rotatable bonds is 5. The first kappa shape index (κ1) is 15.0. The smallest absolute Gasteiger partial charge is 0.170 e. The second-order valence-electron chi connectivity index (χ2n) is 5.93. The molecule has 0 N–H and O–H groups in total. The number of carbonyl (C=O) groups is 1. The van der Waals surface area contributed by atoms with Gasteiger partial charge in [0.15, 0.2) is 5.78 Å². The highest BCUT2D eigenvalue weighted by atomic mass is 16.5. The van der Waals surface area contributed by atoms with E-state index >= 15 is 0 Å². The van der Waals surface area contributed by atoms with E-state index in [9.17, 15) is 4.79 Å². The Hall–Kier alpha value is -1.35. The predicted octanol–water partition coefficient (Wildman–Crippen LogP) is 3.23. The molecule has 1 unspecified atom stereocenters. The van der Waals surface area contributed by atoms with Crippen LogP contribution in [0, 0.1) is 19.8 Å². The molecular formula is C17H25NO2. The molecule has 3 nitrogen and oxygen atoms in total. The van der Waals surface area contributed by atoms with Crippen molar-refractivity contribution < 1.29 is 9.53 Å². The van der Waals surface area contributed by atoms with Crippen LogP contribution in [0.5, 0.6) is 5.75 Å². The van der Waals surface area contributed by atoms with Gasteiger partial charge in [-0.25, -0.2) is 0 Å². The molecule has 0 radical (unpaired) electrons. The number of ether oxygens (including phenoxy) is 1. The number of likely N-dealkylation sites (tertiary alicyclic amines) is 1. The molecule has 1 aliphatic heterocycles. The first-order valence-corrected chi connectivity index (χ1v) is 7.44. The summed E-state index contributed by atoms with van der Waals surface area (Å²) >= 11 is 0. The van der Waals surface area contributed by atoms with Crippen LogP contribution in [-0.4, -0.2) is 37.4 Å². The van der Waals surface area contributed by atoms with Gasteiger partial charge in [0.2, 0.25) is 0 Å². The van der Waals surface area contributed by atoms with Gasteiger partial charge in [-0.2, -0.15) is 0 Å². The monoisotopic (exact) mass is 275 g/mol. The zero-order chi connectivity index (χ0) is 14.7. The predicted molar refractivity (Wildman–Crippen MR) is 81.6 cm³/mol. The van der Waals surface area contributed by atoms with Gasteiger partial charge in [-0.3, -0.25) is 4.79 Å². The summed E-state index contributed by atoms with van der Waals surface area (Å²) in [4.78, 5) is 15.1. The molecule has 1 heterocycles. The van der Waals surface area contributed by atoms with Gasteiger partial charge in [-0.1, -0.05) is 13.0 Å². The van der Waals surface area contributed by atoms with Gasteiger partial charge in [-0.15, -0.1) is 0 Å². The topological polar surface area (TPSA) is 29.5 Å². The molecule has 1 aromatic rings. The molecule has 20 heavy (non-hydrogen) atoms. The van der Waals surface area contributed by atoms with Crippen molar-refractivity contribution >= 4 is 5.78 Å². The van der Waals surface area contributed by atoms with Gasteiger partial charge in [0, 0.05) is 12.5 Å². The van der Waals surface area contributed by atoms with Gasteiger partial charge in [0.05, 0.1) is 12.7 Å². The number of carbonyl (C=O) groups excluding carboxylic acids is 1. The second kappa shape index (κ2) is 6.40. The lowest BCUT2D eigenvalue weighted by Crippen LogP contribution is -2.30. The first-order chi connectivity index (χ1) is 9.52. The fourth-order valence-corrected chi connectivity index (χ4v) is 3.09. The van der Waals surface area contributed by atoms with Crippen LogP contribution in [0.2, 0.25) is 0 Å². The number of ketones is 1. The molecule has 3 heteroatoms. The molecule has 1 atom stereocenters. The van der Waals surface area contributed by atoms with E-state index in [1.807, 2.05) is 26.8 Å². The lowest BCUT2D eigenvalue weighted by Gasteiger charge is -2.21. The molecule has 0 aromatic heterocycles. The molecule has 0 bridgehead atoms.